The molecule has 0 unspecified atom stereocenters. The first-order valence-corrected chi connectivity index (χ1v) is 5.10. The smallest absolute Gasteiger partial charge is 0.140 e. The molecule has 1 aromatic rings. The molecule has 80 valence electrons. The first-order valence-electron chi connectivity index (χ1n) is 5.10. The topological polar surface area (TPSA) is 42.7 Å². The molecule has 0 spiro atoms. The van der Waals surface area contributed by atoms with Crippen LogP contribution in [0.1, 0.15) is 33.5 Å². The molecule has 0 atom stereocenters. The van der Waals surface area contributed by atoms with E-state index in [-0.39, 0.29) is 0 Å². The normalized spacial score (nSPS) is 12.0. The molecule has 1 heterocycles. The Morgan fingerprint density at radius 2 is 2.14 bits per heavy atom. The number of rotatable bonds is 4. The lowest BCUT2D eigenvalue weighted by Gasteiger charge is -2.18. The third-order valence-corrected chi connectivity index (χ3v) is 1.93. The lowest BCUT2D eigenvalue weighted by atomic mass is 9.97. The molecule has 1 rings (SSSR count). The first-order chi connectivity index (χ1) is 6.53. The third-order valence-electron chi connectivity index (χ3n) is 1.93. The summed E-state index contributed by atoms with van der Waals surface area (Å²) in [6, 6.07) is 0. The fraction of sp³-hybridized carbons (Fsp3) is 0.800. The number of hydrogen-bond acceptors (Lipinski definition) is 3. The van der Waals surface area contributed by atoms with Crippen LogP contribution >= 0.6 is 0 Å². The molecule has 0 radical (unpaired) electrons. The highest BCUT2D eigenvalue weighted by Gasteiger charge is 2.10. The Morgan fingerprint density at radius 3 is 2.71 bits per heavy atom. The molecule has 1 aromatic heterocycles. The second kappa shape index (κ2) is 4.55. The van der Waals surface area contributed by atoms with E-state index in [9.17, 15) is 0 Å². The summed E-state index contributed by atoms with van der Waals surface area (Å²) in [4.78, 5) is 4.20. The van der Waals surface area contributed by atoms with Crippen molar-refractivity contribution >= 4 is 0 Å². The predicted octanol–water partition coefficient (Wildman–Crippen LogP) is 1.43. The van der Waals surface area contributed by atoms with Crippen LogP contribution in [0.25, 0.3) is 0 Å². The van der Waals surface area contributed by atoms with E-state index in [1.165, 1.54) is 0 Å². The largest absolute Gasteiger partial charge is 0.309 e. The van der Waals surface area contributed by atoms with E-state index >= 15 is 0 Å². The summed E-state index contributed by atoms with van der Waals surface area (Å²) in [6.07, 6.45) is 1.61. The Balaban J connectivity index is 2.38. The molecule has 1 N–H and O–H groups in total. The molecule has 4 nitrogen and oxygen atoms in total. The van der Waals surface area contributed by atoms with Gasteiger partial charge in [-0.25, -0.2) is 9.67 Å². The van der Waals surface area contributed by atoms with E-state index in [4.69, 9.17) is 0 Å². The maximum atomic E-state index is 4.20. The van der Waals surface area contributed by atoms with Crippen molar-refractivity contribution in [2.24, 2.45) is 5.41 Å². The monoisotopic (exact) mass is 196 g/mol. The number of nitrogens with zero attached hydrogens (tertiary/aromatic N) is 3. The first kappa shape index (κ1) is 11.2. The second-order valence-corrected chi connectivity index (χ2v) is 4.66. The summed E-state index contributed by atoms with van der Waals surface area (Å²) < 4.78 is 1.91. The number of hydrogen-bond donors (Lipinski definition) is 1. The molecule has 14 heavy (non-hydrogen) atoms. The van der Waals surface area contributed by atoms with Crippen molar-refractivity contribution in [2.75, 3.05) is 6.54 Å². The Hall–Kier alpha value is -0.900. The number of aryl methyl sites for hydroxylation is 1. The van der Waals surface area contributed by atoms with Gasteiger partial charge in [-0.2, -0.15) is 5.10 Å². The van der Waals surface area contributed by atoms with Crippen molar-refractivity contribution in [2.45, 2.75) is 40.8 Å². The quantitative estimate of drug-likeness (QED) is 0.792. The fourth-order valence-electron chi connectivity index (χ4n) is 1.24. The van der Waals surface area contributed by atoms with E-state index < -0.39 is 0 Å². The van der Waals surface area contributed by atoms with Crippen molar-refractivity contribution < 1.29 is 0 Å². The van der Waals surface area contributed by atoms with Crippen molar-refractivity contribution in [3.63, 3.8) is 0 Å². The van der Waals surface area contributed by atoms with Crippen LogP contribution in [0, 0.1) is 5.41 Å². The van der Waals surface area contributed by atoms with E-state index in [0.717, 1.165) is 25.5 Å². The van der Waals surface area contributed by atoms with E-state index in [0.29, 0.717) is 5.41 Å². The van der Waals surface area contributed by atoms with Crippen LogP contribution in [0.5, 0.6) is 0 Å². The minimum absolute atomic E-state index is 0.317. The number of aromatic nitrogens is 3. The Labute approximate surface area is 85.7 Å². The summed E-state index contributed by atoms with van der Waals surface area (Å²) in [6.45, 7) is 11.4. The molecule has 0 aliphatic rings. The molecule has 0 aromatic carbocycles. The van der Waals surface area contributed by atoms with Gasteiger partial charge in [-0.1, -0.05) is 20.8 Å². The molecule has 0 amide bonds. The van der Waals surface area contributed by atoms with E-state index in [1.807, 2.05) is 4.68 Å². The minimum Gasteiger partial charge on any atom is -0.309 e. The van der Waals surface area contributed by atoms with Crippen LogP contribution < -0.4 is 5.32 Å². The van der Waals surface area contributed by atoms with Gasteiger partial charge in [0.05, 0.1) is 6.54 Å². The summed E-state index contributed by atoms with van der Waals surface area (Å²) in [5.41, 5.74) is 0.317. The maximum absolute atomic E-state index is 4.20. The average Bonchev–Trinajstić information content (AvgIpc) is 2.49. The molecule has 0 saturated carbocycles. The Bertz CT molecular complexity index is 272. The molecule has 0 aliphatic heterocycles. The Kier molecular flexibility index (Phi) is 3.63. The van der Waals surface area contributed by atoms with Crippen LogP contribution in [0.4, 0.5) is 0 Å². The SMILES string of the molecule is CCn1ncnc1CNCC(C)(C)C. The highest BCUT2D eigenvalue weighted by atomic mass is 15.3. The van der Waals surface area contributed by atoms with Crippen LogP contribution in [-0.4, -0.2) is 21.3 Å². The second-order valence-electron chi connectivity index (χ2n) is 4.66. The van der Waals surface area contributed by atoms with Crippen molar-refractivity contribution in [3.05, 3.63) is 12.2 Å². The molecule has 0 saturated heterocycles. The summed E-state index contributed by atoms with van der Waals surface area (Å²) >= 11 is 0. The van der Waals surface area contributed by atoms with Crippen LogP contribution in [0.3, 0.4) is 0 Å². The van der Waals surface area contributed by atoms with Gasteiger partial charge in [0.15, 0.2) is 0 Å². The third kappa shape index (κ3) is 3.46. The van der Waals surface area contributed by atoms with Crippen LogP contribution in [0.2, 0.25) is 0 Å². The minimum atomic E-state index is 0.317. The van der Waals surface area contributed by atoms with Gasteiger partial charge in [0.1, 0.15) is 12.2 Å². The van der Waals surface area contributed by atoms with E-state index in [2.05, 4.69) is 43.1 Å². The van der Waals surface area contributed by atoms with Gasteiger partial charge in [-0.05, 0) is 12.3 Å². The maximum Gasteiger partial charge on any atom is 0.140 e. The molecule has 0 bridgehead atoms. The average molecular weight is 196 g/mol. The lowest BCUT2D eigenvalue weighted by molar-refractivity contribution is 0.374. The highest BCUT2D eigenvalue weighted by molar-refractivity contribution is 4.83. The number of nitrogens with one attached hydrogen (secondary N) is 1. The van der Waals surface area contributed by atoms with Gasteiger partial charge in [-0.15, -0.1) is 0 Å². The standard InChI is InChI=1S/C10H20N4/c1-5-14-9(12-8-13-14)6-11-7-10(2,3)4/h8,11H,5-7H2,1-4H3. The van der Waals surface area contributed by atoms with Crippen LogP contribution in [-0.2, 0) is 13.1 Å². The van der Waals surface area contributed by atoms with Crippen molar-refractivity contribution in [3.8, 4) is 0 Å². The Morgan fingerprint density at radius 1 is 1.43 bits per heavy atom. The predicted molar refractivity (Wildman–Crippen MR) is 56.9 cm³/mol. The van der Waals surface area contributed by atoms with Crippen molar-refractivity contribution in [1.29, 1.82) is 0 Å². The fourth-order valence-corrected chi connectivity index (χ4v) is 1.24. The summed E-state index contributed by atoms with van der Waals surface area (Å²) in [5.74, 6) is 1.01. The summed E-state index contributed by atoms with van der Waals surface area (Å²) in [5, 5.41) is 7.49. The van der Waals surface area contributed by atoms with Gasteiger partial charge in [0.25, 0.3) is 0 Å². The highest BCUT2D eigenvalue weighted by Crippen LogP contribution is 2.10. The van der Waals surface area contributed by atoms with Gasteiger partial charge >= 0.3 is 0 Å². The zero-order chi connectivity index (χ0) is 10.6. The zero-order valence-corrected chi connectivity index (χ0v) is 9.54. The van der Waals surface area contributed by atoms with Gasteiger partial charge < -0.3 is 5.32 Å². The van der Waals surface area contributed by atoms with Gasteiger partial charge in [0, 0.05) is 13.1 Å². The zero-order valence-electron chi connectivity index (χ0n) is 9.54. The van der Waals surface area contributed by atoms with Gasteiger partial charge in [-0.3, -0.25) is 0 Å². The molecular formula is C10H20N4. The molecule has 4 heteroatoms. The lowest BCUT2D eigenvalue weighted by Crippen LogP contribution is -2.27. The van der Waals surface area contributed by atoms with E-state index in [1.54, 1.807) is 6.33 Å². The van der Waals surface area contributed by atoms with Gasteiger partial charge in [0.2, 0.25) is 0 Å². The summed E-state index contributed by atoms with van der Waals surface area (Å²) in [7, 11) is 0. The molecule has 0 fully saturated rings. The van der Waals surface area contributed by atoms with Crippen molar-refractivity contribution in [1.82, 2.24) is 20.1 Å². The molecular weight excluding hydrogens is 176 g/mol. The van der Waals surface area contributed by atoms with Crippen LogP contribution in [0.15, 0.2) is 6.33 Å². The molecule has 0 aliphatic carbocycles.